The van der Waals surface area contributed by atoms with Gasteiger partial charge in [-0.05, 0) is 38.5 Å². The van der Waals surface area contributed by atoms with Crippen LogP contribution in [0.1, 0.15) is 155 Å². The topological polar surface area (TPSA) is 40.1 Å². The van der Waals surface area contributed by atoms with E-state index in [2.05, 4.69) is 26.0 Å². The molecule has 0 aromatic carbocycles. The Bertz CT molecular complexity index is 501. The van der Waals surface area contributed by atoms with Gasteiger partial charge in [-0.2, -0.15) is 0 Å². The van der Waals surface area contributed by atoms with Crippen LogP contribution in [0.5, 0.6) is 0 Å². The maximum Gasteiger partial charge on any atom is 0.376 e. The van der Waals surface area contributed by atoms with Crippen LogP contribution in [0.15, 0.2) is 12.2 Å². The van der Waals surface area contributed by atoms with E-state index >= 15 is 0 Å². The van der Waals surface area contributed by atoms with Crippen LogP contribution >= 0.6 is 8.03 Å². The van der Waals surface area contributed by atoms with E-state index in [1.807, 2.05) is 21.1 Å². The molecule has 0 rings (SSSR count). The van der Waals surface area contributed by atoms with Crippen molar-refractivity contribution in [3.63, 3.8) is 0 Å². The highest BCUT2D eigenvalue weighted by molar-refractivity contribution is 7.38. The monoisotopic (exact) mass is 498 g/mol. The number of nitrogens with zero attached hydrogens (tertiary/aromatic N) is 1. The average Bonchev–Trinajstić information content (AvgIpc) is 2.78. The van der Waals surface area contributed by atoms with Crippen LogP contribution in [0.3, 0.4) is 0 Å². The van der Waals surface area contributed by atoms with Gasteiger partial charge in [0.1, 0.15) is 0 Å². The number of hydrogen-bond acceptors (Lipinski definition) is 2. The maximum atomic E-state index is 12.1. The van der Waals surface area contributed by atoms with Crippen molar-refractivity contribution in [2.24, 2.45) is 0 Å². The van der Waals surface area contributed by atoms with Gasteiger partial charge in [0.25, 0.3) is 5.28 Å². The van der Waals surface area contributed by atoms with Gasteiger partial charge in [-0.3, -0.25) is 4.48 Å². The summed E-state index contributed by atoms with van der Waals surface area (Å²) in [5.74, 6) is 0. The van der Waals surface area contributed by atoms with Crippen molar-refractivity contribution in [2.45, 2.75) is 160 Å². The van der Waals surface area contributed by atoms with E-state index in [0.717, 1.165) is 32.1 Å². The molecule has 0 aliphatic rings. The average molecular weight is 499 g/mol. The Hall–Kier alpha value is -0.240. The minimum atomic E-state index is -2.42. The Morgan fingerprint density at radius 3 is 1.32 bits per heavy atom. The van der Waals surface area contributed by atoms with Gasteiger partial charge < -0.3 is 4.89 Å². The lowest BCUT2D eigenvalue weighted by molar-refractivity contribution is -0.910. The zero-order valence-corrected chi connectivity index (χ0v) is 24.8. The molecule has 4 heteroatoms. The molecule has 0 aliphatic heterocycles. The zero-order chi connectivity index (χ0) is 25.5. The molecule has 0 bridgehead atoms. The minimum Gasteiger partial charge on any atom is -0.590 e. The molecule has 2 atom stereocenters. The Labute approximate surface area is 215 Å². The molecule has 0 aliphatic carbocycles. The highest BCUT2D eigenvalue weighted by Gasteiger charge is 2.53. The van der Waals surface area contributed by atoms with Crippen LogP contribution in [0.2, 0.25) is 0 Å². The van der Waals surface area contributed by atoms with Gasteiger partial charge in [0.2, 0.25) is 0 Å². The standard InChI is InChI=1S/C30H61NO2P/c1-6-8-9-10-11-12-13-14-15-16-17-18-19-20-21-22-23-24-25-26-27-29-30(28-7-2,34(32)33)31(3,4)5/h19-20H,6-18,21-29H2,1-5H3/q+1/b20-19-. The van der Waals surface area contributed by atoms with Crippen LogP contribution in [0.4, 0.5) is 0 Å². The predicted octanol–water partition coefficient (Wildman–Crippen LogP) is 9.67. The lowest BCUT2D eigenvalue weighted by Gasteiger charge is -2.39. The number of quaternary nitrogens is 1. The molecule has 0 aromatic rings. The van der Waals surface area contributed by atoms with Crippen LogP contribution in [0, 0.1) is 0 Å². The van der Waals surface area contributed by atoms with E-state index in [1.54, 1.807) is 0 Å². The van der Waals surface area contributed by atoms with Gasteiger partial charge in [0.15, 0.2) is 0 Å². The fraction of sp³-hybridized carbons (Fsp3) is 0.933. The van der Waals surface area contributed by atoms with Crippen LogP contribution in [-0.2, 0) is 4.57 Å². The molecule has 0 spiro atoms. The Kier molecular flexibility index (Phi) is 21.8. The summed E-state index contributed by atoms with van der Waals surface area (Å²) in [4.78, 5) is 12.1. The molecule has 34 heavy (non-hydrogen) atoms. The summed E-state index contributed by atoms with van der Waals surface area (Å²) in [5, 5.41) is -0.594. The SMILES string of the molecule is CCCCCCCCCCCCC/C=C\CCCCCCCCC(CCC)([P+](=O)[O-])[N+](C)(C)C. The van der Waals surface area contributed by atoms with Crippen LogP contribution in [0.25, 0.3) is 0 Å². The molecule has 0 N–H and O–H groups in total. The second-order valence-corrected chi connectivity index (χ2v) is 12.8. The van der Waals surface area contributed by atoms with E-state index in [1.165, 1.54) is 109 Å². The molecule has 0 radical (unpaired) electrons. The molecule has 3 nitrogen and oxygen atoms in total. The van der Waals surface area contributed by atoms with Crippen molar-refractivity contribution >= 4 is 8.03 Å². The van der Waals surface area contributed by atoms with Crippen molar-refractivity contribution in [1.29, 1.82) is 0 Å². The predicted molar refractivity (Wildman–Crippen MR) is 150 cm³/mol. The van der Waals surface area contributed by atoms with E-state index < -0.39 is 13.3 Å². The van der Waals surface area contributed by atoms with Crippen molar-refractivity contribution in [1.82, 2.24) is 0 Å². The van der Waals surface area contributed by atoms with Gasteiger partial charge >= 0.3 is 8.03 Å². The maximum absolute atomic E-state index is 12.1. The van der Waals surface area contributed by atoms with Gasteiger partial charge in [-0.15, -0.1) is 0 Å². The van der Waals surface area contributed by atoms with E-state index in [4.69, 9.17) is 0 Å². The van der Waals surface area contributed by atoms with E-state index in [9.17, 15) is 9.46 Å². The van der Waals surface area contributed by atoms with Gasteiger partial charge in [-0.25, -0.2) is 0 Å². The van der Waals surface area contributed by atoms with Crippen LogP contribution in [-0.4, -0.2) is 30.9 Å². The first-order chi connectivity index (χ1) is 16.3. The summed E-state index contributed by atoms with van der Waals surface area (Å²) < 4.78 is 12.6. The van der Waals surface area contributed by atoms with Crippen molar-refractivity contribution in [2.75, 3.05) is 21.1 Å². The van der Waals surface area contributed by atoms with E-state index in [0.29, 0.717) is 4.48 Å². The fourth-order valence-electron chi connectivity index (χ4n) is 5.16. The molecule has 0 saturated heterocycles. The molecular weight excluding hydrogens is 437 g/mol. The Morgan fingerprint density at radius 1 is 0.588 bits per heavy atom. The Morgan fingerprint density at radius 2 is 0.971 bits per heavy atom. The summed E-state index contributed by atoms with van der Waals surface area (Å²) in [6.45, 7) is 4.38. The van der Waals surface area contributed by atoms with Crippen LogP contribution < -0.4 is 4.89 Å². The number of allylic oxidation sites excluding steroid dienone is 2. The highest BCUT2D eigenvalue weighted by atomic mass is 31.1. The fourth-order valence-corrected chi connectivity index (χ4v) is 6.40. The highest BCUT2D eigenvalue weighted by Crippen LogP contribution is 2.45. The zero-order valence-electron chi connectivity index (χ0n) is 23.9. The summed E-state index contributed by atoms with van der Waals surface area (Å²) in [6, 6.07) is 0. The van der Waals surface area contributed by atoms with Gasteiger partial charge in [0.05, 0.1) is 21.1 Å². The van der Waals surface area contributed by atoms with Crippen molar-refractivity contribution in [3.8, 4) is 0 Å². The summed E-state index contributed by atoms with van der Waals surface area (Å²) >= 11 is 0. The second-order valence-electron chi connectivity index (χ2n) is 11.5. The molecule has 0 heterocycles. The molecule has 2 unspecified atom stereocenters. The third-order valence-corrected chi connectivity index (χ3v) is 9.30. The van der Waals surface area contributed by atoms with Gasteiger partial charge in [0, 0.05) is 12.8 Å². The Balaban J connectivity index is 3.58. The summed E-state index contributed by atoms with van der Waals surface area (Å²) in [7, 11) is 3.68. The number of rotatable bonds is 25. The van der Waals surface area contributed by atoms with Crippen molar-refractivity contribution < 1.29 is 13.9 Å². The number of unbranched alkanes of at least 4 members (excludes halogenated alkanes) is 17. The molecule has 202 valence electrons. The molecule has 0 amide bonds. The lowest BCUT2D eigenvalue weighted by atomic mass is 9.99. The summed E-state index contributed by atoms with van der Waals surface area (Å²) in [6.07, 6.45) is 32.6. The molecule has 0 aromatic heterocycles. The molecule has 0 saturated carbocycles. The third-order valence-electron chi connectivity index (χ3n) is 7.58. The summed E-state index contributed by atoms with van der Waals surface area (Å²) in [5.41, 5.74) is 0. The smallest absolute Gasteiger partial charge is 0.376 e. The van der Waals surface area contributed by atoms with Crippen molar-refractivity contribution in [3.05, 3.63) is 12.2 Å². The lowest BCUT2D eigenvalue weighted by Crippen LogP contribution is -2.55. The quantitative estimate of drug-likeness (QED) is 0.0544. The normalized spacial score (nSPS) is 14.6. The van der Waals surface area contributed by atoms with Gasteiger partial charge in [-0.1, -0.05) is 120 Å². The third kappa shape index (κ3) is 16.4. The molecular formula is C30H61NO2P+. The van der Waals surface area contributed by atoms with E-state index in [-0.39, 0.29) is 0 Å². The molecule has 0 fully saturated rings. The number of hydrogen-bond donors (Lipinski definition) is 0. The largest absolute Gasteiger partial charge is 0.590 e. The minimum absolute atomic E-state index is 0.519. The first-order valence-electron chi connectivity index (χ1n) is 14.9. The second kappa shape index (κ2) is 22.0. The first kappa shape index (κ1) is 33.8. The first-order valence-corrected chi connectivity index (χ1v) is 16.1.